The highest BCUT2D eigenvalue weighted by Crippen LogP contribution is 2.41. The normalized spacial score (nSPS) is 18.4. The van der Waals surface area contributed by atoms with Gasteiger partial charge in [-0.05, 0) is 43.9 Å². The summed E-state index contributed by atoms with van der Waals surface area (Å²) in [6.45, 7) is 1.83. The minimum atomic E-state index is -0.467. The summed E-state index contributed by atoms with van der Waals surface area (Å²) >= 11 is 0. The van der Waals surface area contributed by atoms with E-state index in [2.05, 4.69) is 0 Å². The number of ether oxygens (including phenoxy) is 1. The highest BCUT2D eigenvalue weighted by atomic mass is 19.1. The molecule has 0 spiro atoms. The molecule has 0 bridgehead atoms. The minimum Gasteiger partial charge on any atom is -0.496 e. The van der Waals surface area contributed by atoms with Crippen LogP contribution < -0.4 is 10.5 Å². The summed E-state index contributed by atoms with van der Waals surface area (Å²) in [5, 5.41) is 0. The molecule has 1 aromatic rings. The Balaban J connectivity index is 2.47. The van der Waals surface area contributed by atoms with E-state index >= 15 is 0 Å². The first-order chi connectivity index (χ1) is 7.07. The van der Waals surface area contributed by atoms with E-state index in [4.69, 9.17) is 10.5 Å². The van der Waals surface area contributed by atoms with Gasteiger partial charge in [0, 0.05) is 11.1 Å². The van der Waals surface area contributed by atoms with E-state index in [0.29, 0.717) is 11.3 Å². The maximum atomic E-state index is 13.7. The topological polar surface area (TPSA) is 35.2 Å². The molecule has 1 saturated carbocycles. The number of methoxy groups -OCH3 is 1. The number of rotatable bonds is 2. The summed E-state index contributed by atoms with van der Waals surface area (Å²) in [6.07, 6.45) is 2.79. The van der Waals surface area contributed by atoms with Crippen molar-refractivity contribution < 1.29 is 9.13 Å². The first-order valence-electron chi connectivity index (χ1n) is 5.20. The number of hydrogen-bond acceptors (Lipinski definition) is 2. The molecule has 0 aromatic heterocycles. The Morgan fingerprint density at radius 2 is 2.07 bits per heavy atom. The Morgan fingerprint density at radius 3 is 2.53 bits per heavy atom. The van der Waals surface area contributed by atoms with Gasteiger partial charge in [-0.3, -0.25) is 0 Å². The molecule has 2 rings (SSSR count). The van der Waals surface area contributed by atoms with Gasteiger partial charge in [0.1, 0.15) is 11.6 Å². The van der Waals surface area contributed by atoms with Crippen LogP contribution in [0.3, 0.4) is 0 Å². The summed E-state index contributed by atoms with van der Waals surface area (Å²) in [7, 11) is 1.59. The van der Waals surface area contributed by atoms with Crippen molar-refractivity contribution >= 4 is 0 Å². The molecule has 1 aliphatic rings. The van der Waals surface area contributed by atoms with Crippen LogP contribution in [-0.2, 0) is 5.54 Å². The third kappa shape index (κ3) is 1.61. The van der Waals surface area contributed by atoms with Crippen LogP contribution in [0.4, 0.5) is 4.39 Å². The third-order valence-electron chi connectivity index (χ3n) is 3.27. The molecule has 0 atom stereocenters. The van der Waals surface area contributed by atoms with Gasteiger partial charge in [0.15, 0.2) is 0 Å². The number of benzene rings is 1. The standard InChI is InChI=1S/C12H16FNO/c1-8-6-10(13)9(7-11(8)15-2)12(14)4-3-5-12/h6-7H,3-5,14H2,1-2H3. The van der Waals surface area contributed by atoms with Crippen LogP contribution >= 0.6 is 0 Å². The van der Waals surface area contributed by atoms with Crippen molar-refractivity contribution in [3.05, 3.63) is 29.1 Å². The number of aryl methyl sites for hydroxylation is 1. The number of nitrogens with two attached hydrogens (primary N) is 1. The van der Waals surface area contributed by atoms with E-state index in [1.807, 2.05) is 6.92 Å². The average Bonchev–Trinajstić information content (AvgIpc) is 2.15. The van der Waals surface area contributed by atoms with Gasteiger partial charge in [-0.1, -0.05) is 0 Å². The molecule has 2 N–H and O–H groups in total. The maximum Gasteiger partial charge on any atom is 0.128 e. The van der Waals surface area contributed by atoms with E-state index in [9.17, 15) is 4.39 Å². The Bertz CT molecular complexity index is 385. The summed E-state index contributed by atoms with van der Waals surface area (Å²) in [4.78, 5) is 0. The van der Waals surface area contributed by atoms with Crippen LogP contribution in [-0.4, -0.2) is 7.11 Å². The maximum absolute atomic E-state index is 13.7. The van der Waals surface area contributed by atoms with Gasteiger partial charge in [0.25, 0.3) is 0 Å². The Hall–Kier alpha value is -1.09. The van der Waals surface area contributed by atoms with E-state index in [1.165, 1.54) is 6.07 Å². The molecule has 0 amide bonds. The second kappa shape index (κ2) is 3.49. The molecule has 2 nitrogen and oxygen atoms in total. The number of hydrogen-bond donors (Lipinski definition) is 1. The Kier molecular flexibility index (Phi) is 2.43. The Labute approximate surface area is 89.2 Å². The van der Waals surface area contributed by atoms with Gasteiger partial charge >= 0.3 is 0 Å². The monoisotopic (exact) mass is 209 g/mol. The zero-order chi connectivity index (χ0) is 11.1. The highest BCUT2D eigenvalue weighted by Gasteiger charge is 2.37. The Morgan fingerprint density at radius 1 is 1.40 bits per heavy atom. The van der Waals surface area contributed by atoms with Gasteiger partial charge in [-0.15, -0.1) is 0 Å². The number of halogens is 1. The predicted octanol–water partition coefficient (Wildman–Crippen LogP) is 2.48. The minimum absolute atomic E-state index is 0.212. The van der Waals surface area contributed by atoms with Gasteiger partial charge in [-0.2, -0.15) is 0 Å². The molecular formula is C12H16FNO. The first kappa shape index (κ1) is 10.4. The van der Waals surface area contributed by atoms with Crippen molar-refractivity contribution in [2.45, 2.75) is 31.7 Å². The van der Waals surface area contributed by atoms with Crippen LogP contribution in [0.25, 0.3) is 0 Å². The second-order valence-electron chi connectivity index (χ2n) is 4.31. The molecule has 0 saturated heterocycles. The zero-order valence-corrected chi connectivity index (χ0v) is 9.14. The average molecular weight is 209 g/mol. The van der Waals surface area contributed by atoms with Crippen LogP contribution in [0.1, 0.15) is 30.4 Å². The summed E-state index contributed by atoms with van der Waals surface area (Å²) < 4.78 is 18.9. The third-order valence-corrected chi connectivity index (χ3v) is 3.27. The van der Waals surface area contributed by atoms with E-state index in [-0.39, 0.29) is 5.82 Å². The molecule has 0 radical (unpaired) electrons. The van der Waals surface area contributed by atoms with Crippen molar-refractivity contribution in [1.29, 1.82) is 0 Å². The quantitative estimate of drug-likeness (QED) is 0.812. The van der Waals surface area contributed by atoms with Crippen molar-refractivity contribution in [3.8, 4) is 5.75 Å². The summed E-state index contributed by atoms with van der Waals surface area (Å²) in [6, 6.07) is 3.24. The molecule has 0 aliphatic heterocycles. The lowest BCUT2D eigenvalue weighted by atomic mass is 9.72. The van der Waals surface area contributed by atoms with E-state index in [1.54, 1.807) is 13.2 Å². The SMILES string of the molecule is COc1cc(C2(N)CCC2)c(F)cc1C. The summed E-state index contributed by atoms with van der Waals surface area (Å²) in [5.74, 6) is 0.499. The van der Waals surface area contributed by atoms with E-state index < -0.39 is 5.54 Å². The fourth-order valence-corrected chi connectivity index (χ4v) is 2.08. The van der Waals surface area contributed by atoms with E-state index in [0.717, 1.165) is 24.8 Å². The van der Waals surface area contributed by atoms with Crippen LogP contribution in [0.5, 0.6) is 5.75 Å². The van der Waals surface area contributed by atoms with Gasteiger partial charge in [-0.25, -0.2) is 4.39 Å². The molecule has 1 aromatic carbocycles. The van der Waals surface area contributed by atoms with Crippen LogP contribution in [0, 0.1) is 12.7 Å². The lowest BCUT2D eigenvalue weighted by Crippen LogP contribution is -2.44. The molecular weight excluding hydrogens is 193 g/mol. The van der Waals surface area contributed by atoms with Crippen LogP contribution in [0.2, 0.25) is 0 Å². The smallest absolute Gasteiger partial charge is 0.128 e. The largest absolute Gasteiger partial charge is 0.496 e. The van der Waals surface area contributed by atoms with Gasteiger partial charge < -0.3 is 10.5 Å². The van der Waals surface area contributed by atoms with Crippen molar-refractivity contribution in [2.24, 2.45) is 5.73 Å². The lowest BCUT2D eigenvalue weighted by molar-refractivity contribution is 0.244. The molecule has 0 unspecified atom stereocenters. The van der Waals surface area contributed by atoms with Crippen molar-refractivity contribution in [2.75, 3.05) is 7.11 Å². The van der Waals surface area contributed by atoms with Crippen LogP contribution in [0.15, 0.2) is 12.1 Å². The van der Waals surface area contributed by atoms with Gasteiger partial charge in [0.2, 0.25) is 0 Å². The van der Waals surface area contributed by atoms with Crippen molar-refractivity contribution in [1.82, 2.24) is 0 Å². The molecule has 0 heterocycles. The lowest BCUT2D eigenvalue weighted by Gasteiger charge is -2.39. The highest BCUT2D eigenvalue weighted by molar-refractivity contribution is 5.41. The molecule has 15 heavy (non-hydrogen) atoms. The first-order valence-corrected chi connectivity index (χ1v) is 5.20. The second-order valence-corrected chi connectivity index (χ2v) is 4.31. The molecule has 1 fully saturated rings. The summed E-state index contributed by atoms with van der Waals surface area (Å²) in [5.41, 5.74) is 7.04. The van der Waals surface area contributed by atoms with Crippen molar-refractivity contribution in [3.63, 3.8) is 0 Å². The predicted molar refractivity (Wildman–Crippen MR) is 57.4 cm³/mol. The molecule has 3 heteroatoms. The van der Waals surface area contributed by atoms with Gasteiger partial charge in [0.05, 0.1) is 7.11 Å². The molecule has 82 valence electrons. The zero-order valence-electron chi connectivity index (χ0n) is 9.14. The fourth-order valence-electron chi connectivity index (χ4n) is 2.08. The fraction of sp³-hybridized carbons (Fsp3) is 0.500. The molecule has 1 aliphatic carbocycles.